The number of morpholine rings is 1. The average molecular weight is 380 g/mol. The summed E-state index contributed by atoms with van der Waals surface area (Å²) in [5.74, 6) is 11.6. The van der Waals surface area contributed by atoms with E-state index in [1.807, 2.05) is 0 Å². The van der Waals surface area contributed by atoms with Crippen LogP contribution in [0.2, 0.25) is 0 Å². The molecule has 1 aromatic rings. The van der Waals surface area contributed by atoms with E-state index < -0.39 is 29.2 Å². The van der Waals surface area contributed by atoms with Gasteiger partial charge in [-0.1, -0.05) is 11.6 Å². The van der Waals surface area contributed by atoms with Crippen molar-refractivity contribution in [3.05, 3.63) is 49.5 Å². The van der Waals surface area contributed by atoms with Crippen LogP contribution in [-0.4, -0.2) is 33.4 Å². The molecule has 0 aromatic carbocycles. The van der Waals surface area contributed by atoms with Gasteiger partial charge in [0.15, 0.2) is 5.69 Å². The summed E-state index contributed by atoms with van der Waals surface area (Å²) in [6.45, 7) is 0.740. The Kier molecular flexibility index (Phi) is 4.17. The van der Waals surface area contributed by atoms with E-state index >= 15 is 0 Å². The van der Waals surface area contributed by atoms with Crippen LogP contribution in [0, 0.1) is 0 Å². The Morgan fingerprint density at radius 1 is 1.28 bits per heavy atom. The van der Waals surface area contributed by atoms with Crippen LogP contribution in [-0.2, 0) is 10.9 Å². The maximum atomic E-state index is 12.9. The summed E-state index contributed by atoms with van der Waals surface area (Å²) in [6, 6.07) is -0.249. The zero-order valence-corrected chi connectivity index (χ0v) is 13.3. The standard InChI is InChI=1S/C13H13ClF3N5O3/c14-6-3-9-8(20(18)1-2-25-9)4-7(6)21-11(23)5-10(13(15,16)17)22(19)12(21)24/h3,5,8H,1-2,4,18-19H2. The molecule has 1 unspecified atom stereocenters. The molecule has 3 rings (SSSR count). The maximum absolute atomic E-state index is 12.9. The normalized spacial score (nSPS) is 21.6. The van der Waals surface area contributed by atoms with Gasteiger partial charge in [-0.05, 0) is 6.08 Å². The van der Waals surface area contributed by atoms with Crippen LogP contribution in [0.4, 0.5) is 13.2 Å². The van der Waals surface area contributed by atoms with Crippen molar-refractivity contribution in [3.8, 4) is 0 Å². The Labute approximate surface area is 143 Å². The minimum Gasteiger partial charge on any atom is -0.495 e. The number of hydrogen-bond donors (Lipinski definition) is 2. The number of hydrogen-bond acceptors (Lipinski definition) is 6. The summed E-state index contributed by atoms with van der Waals surface area (Å²) < 4.78 is 44.4. The van der Waals surface area contributed by atoms with Crippen molar-refractivity contribution in [2.45, 2.75) is 18.6 Å². The molecule has 0 bridgehead atoms. The van der Waals surface area contributed by atoms with E-state index in [4.69, 9.17) is 28.0 Å². The van der Waals surface area contributed by atoms with E-state index in [0.717, 1.165) is 0 Å². The van der Waals surface area contributed by atoms with Crippen molar-refractivity contribution >= 4 is 17.3 Å². The number of ether oxygens (including phenoxy) is 1. The van der Waals surface area contributed by atoms with E-state index in [9.17, 15) is 22.8 Å². The van der Waals surface area contributed by atoms with Crippen LogP contribution in [0.15, 0.2) is 32.5 Å². The third-order valence-electron chi connectivity index (χ3n) is 3.98. The number of nitrogen functional groups attached to an aromatic ring is 1. The third kappa shape index (κ3) is 2.94. The van der Waals surface area contributed by atoms with Crippen molar-refractivity contribution in [2.24, 2.45) is 5.84 Å². The van der Waals surface area contributed by atoms with Gasteiger partial charge in [0, 0.05) is 19.0 Å². The molecule has 1 aromatic heterocycles. The Morgan fingerprint density at radius 2 is 1.96 bits per heavy atom. The average Bonchev–Trinajstić information content (AvgIpc) is 2.51. The first-order chi connectivity index (χ1) is 11.6. The molecule has 0 amide bonds. The Hall–Kier alpha value is -2.24. The monoisotopic (exact) mass is 379 g/mol. The first-order valence-electron chi connectivity index (χ1n) is 7.07. The zero-order valence-electron chi connectivity index (χ0n) is 12.6. The lowest BCUT2D eigenvalue weighted by Crippen LogP contribution is -2.51. The van der Waals surface area contributed by atoms with Gasteiger partial charge in [-0.3, -0.25) is 10.6 Å². The molecule has 1 aliphatic carbocycles. The molecule has 0 spiro atoms. The molecular formula is C13H13ClF3N5O3. The molecule has 0 radical (unpaired) electrons. The fourth-order valence-corrected chi connectivity index (χ4v) is 3.02. The number of rotatable bonds is 1. The molecule has 0 saturated carbocycles. The molecule has 1 atom stereocenters. The number of nitrogens with two attached hydrogens (primary N) is 2. The number of aromatic nitrogens is 2. The highest BCUT2D eigenvalue weighted by molar-refractivity contribution is 6.33. The summed E-state index contributed by atoms with van der Waals surface area (Å²) in [5, 5.41) is 1.43. The van der Waals surface area contributed by atoms with E-state index in [0.29, 0.717) is 23.5 Å². The smallest absolute Gasteiger partial charge is 0.433 e. The van der Waals surface area contributed by atoms with Gasteiger partial charge in [0.05, 0.1) is 16.8 Å². The lowest BCUT2D eigenvalue weighted by atomic mass is 10.0. The largest absolute Gasteiger partial charge is 0.495 e. The zero-order chi connectivity index (χ0) is 18.5. The van der Waals surface area contributed by atoms with Crippen LogP contribution >= 0.6 is 11.6 Å². The molecule has 25 heavy (non-hydrogen) atoms. The molecule has 2 aliphatic rings. The Balaban J connectivity index is 2.17. The lowest BCUT2D eigenvalue weighted by molar-refractivity contribution is -0.143. The van der Waals surface area contributed by atoms with Gasteiger partial charge in [-0.2, -0.15) is 13.2 Å². The van der Waals surface area contributed by atoms with E-state index in [1.165, 1.54) is 11.1 Å². The molecular weight excluding hydrogens is 367 g/mol. The summed E-state index contributed by atoms with van der Waals surface area (Å²) in [5.41, 5.74) is -4.10. The number of alkyl halides is 3. The highest BCUT2D eigenvalue weighted by Crippen LogP contribution is 2.33. The minimum atomic E-state index is -4.95. The van der Waals surface area contributed by atoms with Gasteiger partial charge in [-0.15, -0.1) is 0 Å². The van der Waals surface area contributed by atoms with E-state index in [2.05, 4.69) is 0 Å². The minimum absolute atomic E-state index is 0.000656. The van der Waals surface area contributed by atoms with Gasteiger partial charge in [0.1, 0.15) is 12.4 Å². The number of allylic oxidation sites excluding steroid dienone is 2. The second-order valence-corrected chi connectivity index (χ2v) is 5.91. The summed E-state index contributed by atoms with van der Waals surface area (Å²) in [6.07, 6.45) is -3.56. The van der Waals surface area contributed by atoms with Crippen molar-refractivity contribution < 1.29 is 17.9 Å². The molecule has 1 aliphatic heterocycles. The van der Waals surface area contributed by atoms with Crippen molar-refractivity contribution in [1.29, 1.82) is 0 Å². The van der Waals surface area contributed by atoms with E-state index in [-0.39, 0.29) is 27.9 Å². The third-order valence-corrected chi connectivity index (χ3v) is 4.30. The van der Waals surface area contributed by atoms with Gasteiger partial charge >= 0.3 is 11.9 Å². The predicted octanol–water partition coefficient (Wildman–Crippen LogP) is 0.0121. The topological polar surface area (TPSA) is 109 Å². The predicted molar refractivity (Wildman–Crippen MR) is 82.5 cm³/mol. The SMILES string of the molecule is NN1CCOC2=CC(Cl)=C(n3c(=O)cc(C(F)(F)F)n(N)c3=O)CC21. The molecule has 4 N–H and O–H groups in total. The summed E-state index contributed by atoms with van der Waals surface area (Å²) in [7, 11) is 0. The molecule has 136 valence electrons. The number of halogens is 4. The van der Waals surface area contributed by atoms with Crippen molar-refractivity contribution in [2.75, 3.05) is 19.0 Å². The highest BCUT2D eigenvalue weighted by atomic mass is 35.5. The van der Waals surface area contributed by atoms with Crippen LogP contribution in [0.1, 0.15) is 12.1 Å². The number of nitrogens with zero attached hydrogens (tertiary/aromatic N) is 3. The summed E-state index contributed by atoms with van der Waals surface area (Å²) >= 11 is 6.10. The highest BCUT2D eigenvalue weighted by Gasteiger charge is 2.37. The fourth-order valence-electron chi connectivity index (χ4n) is 2.75. The van der Waals surface area contributed by atoms with Crippen molar-refractivity contribution in [1.82, 2.24) is 14.3 Å². The maximum Gasteiger partial charge on any atom is 0.433 e. The van der Waals surface area contributed by atoms with Crippen LogP contribution in [0.5, 0.6) is 0 Å². The molecule has 12 heteroatoms. The second kappa shape index (κ2) is 5.93. The summed E-state index contributed by atoms with van der Waals surface area (Å²) in [4.78, 5) is 24.4. The van der Waals surface area contributed by atoms with Crippen LogP contribution in [0.3, 0.4) is 0 Å². The Morgan fingerprint density at radius 3 is 2.60 bits per heavy atom. The number of fused-ring (bicyclic) bond motifs is 1. The molecule has 8 nitrogen and oxygen atoms in total. The van der Waals surface area contributed by atoms with Crippen molar-refractivity contribution in [3.63, 3.8) is 0 Å². The number of hydrazine groups is 1. The molecule has 1 fully saturated rings. The first-order valence-corrected chi connectivity index (χ1v) is 7.45. The van der Waals surface area contributed by atoms with Gasteiger partial charge in [0.25, 0.3) is 5.56 Å². The van der Waals surface area contributed by atoms with Gasteiger partial charge in [0.2, 0.25) is 0 Å². The quantitative estimate of drug-likeness (QED) is 0.665. The lowest BCUT2D eigenvalue weighted by Gasteiger charge is -2.36. The first kappa shape index (κ1) is 17.6. The molecule has 1 saturated heterocycles. The van der Waals surface area contributed by atoms with Gasteiger partial charge in [-0.25, -0.2) is 19.0 Å². The molecule has 2 heterocycles. The fraction of sp³-hybridized carbons (Fsp3) is 0.385. The van der Waals surface area contributed by atoms with Crippen LogP contribution < -0.4 is 22.9 Å². The van der Waals surface area contributed by atoms with E-state index in [1.54, 1.807) is 0 Å². The Bertz CT molecular complexity index is 902. The van der Waals surface area contributed by atoms with Crippen LogP contribution in [0.25, 0.3) is 5.70 Å². The second-order valence-electron chi connectivity index (χ2n) is 5.50. The van der Waals surface area contributed by atoms with Gasteiger partial charge < -0.3 is 10.6 Å².